The lowest BCUT2D eigenvalue weighted by Crippen LogP contribution is -2.39. The first-order valence-electron chi connectivity index (χ1n) is 10.2. The van der Waals surface area contributed by atoms with E-state index in [4.69, 9.17) is 9.97 Å². The van der Waals surface area contributed by atoms with Crippen molar-refractivity contribution >= 4 is 17.5 Å². The third-order valence-electron chi connectivity index (χ3n) is 5.29. The van der Waals surface area contributed by atoms with Crippen LogP contribution in [0.4, 0.5) is 11.9 Å². The van der Waals surface area contributed by atoms with E-state index in [0.29, 0.717) is 23.9 Å². The Morgan fingerprint density at radius 3 is 2.68 bits per heavy atom. The van der Waals surface area contributed by atoms with Crippen LogP contribution in [0.15, 0.2) is 36.5 Å². The van der Waals surface area contributed by atoms with Crippen molar-refractivity contribution in [3.8, 4) is 0 Å². The van der Waals surface area contributed by atoms with E-state index in [1.807, 2.05) is 16.8 Å². The van der Waals surface area contributed by atoms with Gasteiger partial charge in [0.15, 0.2) is 5.65 Å². The van der Waals surface area contributed by atoms with Gasteiger partial charge in [0, 0.05) is 18.2 Å². The number of hydrogen-bond acceptors (Lipinski definition) is 6. The maximum atomic E-state index is 4.80. The number of nitrogens with zero attached hydrogens (tertiary/aromatic N) is 4. The van der Waals surface area contributed by atoms with Crippen molar-refractivity contribution in [3.63, 3.8) is 0 Å². The van der Waals surface area contributed by atoms with E-state index in [1.54, 1.807) is 0 Å². The highest BCUT2D eigenvalue weighted by Crippen LogP contribution is 2.25. The van der Waals surface area contributed by atoms with Gasteiger partial charge in [0.1, 0.15) is 0 Å². The quantitative estimate of drug-likeness (QED) is 0.607. The predicted octanol–water partition coefficient (Wildman–Crippen LogP) is 3.58. The second-order valence-corrected chi connectivity index (χ2v) is 7.83. The zero-order chi connectivity index (χ0) is 19.5. The number of fused-ring (bicyclic) bond motifs is 1. The Kier molecular flexibility index (Phi) is 5.43. The van der Waals surface area contributed by atoms with Crippen molar-refractivity contribution in [2.24, 2.45) is 0 Å². The predicted molar refractivity (Wildman–Crippen MR) is 113 cm³/mol. The van der Waals surface area contributed by atoms with Crippen LogP contribution >= 0.6 is 0 Å². The summed E-state index contributed by atoms with van der Waals surface area (Å²) in [5, 5.41) is 15.0. The highest BCUT2D eigenvalue weighted by Gasteiger charge is 2.19. The highest BCUT2D eigenvalue weighted by molar-refractivity contribution is 5.56. The average molecular weight is 380 g/mol. The molecule has 3 N–H and O–H groups in total. The van der Waals surface area contributed by atoms with Gasteiger partial charge in [0.25, 0.3) is 0 Å². The van der Waals surface area contributed by atoms with Crippen molar-refractivity contribution < 1.29 is 0 Å². The molecule has 0 saturated carbocycles. The molecule has 3 aromatic rings. The molecule has 0 radical (unpaired) electrons. The van der Waals surface area contributed by atoms with E-state index >= 15 is 0 Å². The van der Waals surface area contributed by atoms with Crippen LogP contribution < -0.4 is 16.0 Å². The molecular formula is C21H29N7. The van der Waals surface area contributed by atoms with Crippen molar-refractivity contribution in [2.75, 3.05) is 23.7 Å². The lowest BCUT2D eigenvalue weighted by atomic mass is 10.1. The summed E-state index contributed by atoms with van der Waals surface area (Å²) < 4.78 is 1.82. The molecule has 1 saturated heterocycles. The molecule has 2 atom stereocenters. The van der Waals surface area contributed by atoms with Gasteiger partial charge in [-0.25, -0.2) is 0 Å². The minimum Gasteiger partial charge on any atom is -0.350 e. The lowest BCUT2D eigenvalue weighted by molar-refractivity contribution is 0.478. The maximum absolute atomic E-state index is 4.80. The number of nitrogens with one attached hydrogen (secondary N) is 3. The van der Waals surface area contributed by atoms with Gasteiger partial charge in [-0.3, -0.25) is 0 Å². The molecule has 0 spiro atoms. The molecule has 4 rings (SSSR count). The maximum Gasteiger partial charge on any atom is 0.229 e. The molecule has 1 aromatic carbocycles. The molecule has 1 unspecified atom stereocenters. The Morgan fingerprint density at radius 1 is 1.14 bits per heavy atom. The first-order chi connectivity index (χ1) is 13.6. The van der Waals surface area contributed by atoms with Crippen LogP contribution in [0.25, 0.3) is 5.65 Å². The van der Waals surface area contributed by atoms with Gasteiger partial charge in [-0.1, -0.05) is 44.2 Å². The van der Waals surface area contributed by atoms with Gasteiger partial charge >= 0.3 is 0 Å². The second kappa shape index (κ2) is 8.14. The monoisotopic (exact) mass is 379 g/mol. The van der Waals surface area contributed by atoms with E-state index in [2.05, 4.69) is 66.1 Å². The van der Waals surface area contributed by atoms with Gasteiger partial charge < -0.3 is 16.0 Å². The average Bonchev–Trinajstić information content (AvgIpc) is 3.14. The fraction of sp³-hybridized carbons (Fsp3) is 0.476. The number of piperidine rings is 1. The molecule has 7 heteroatoms. The zero-order valence-corrected chi connectivity index (χ0v) is 16.8. The molecule has 0 bridgehead atoms. The van der Waals surface area contributed by atoms with Crippen molar-refractivity contribution in [1.82, 2.24) is 24.9 Å². The molecule has 7 nitrogen and oxygen atoms in total. The van der Waals surface area contributed by atoms with Crippen LogP contribution in [-0.2, 0) is 0 Å². The van der Waals surface area contributed by atoms with Crippen molar-refractivity contribution in [3.05, 3.63) is 47.7 Å². The number of hydrogen-bond donors (Lipinski definition) is 3. The highest BCUT2D eigenvalue weighted by atomic mass is 15.4. The van der Waals surface area contributed by atoms with Crippen LogP contribution in [0, 0.1) is 0 Å². The van der Waals surface area contributed by atoms with Crippen molar-refractivity contribution in [2.45, 2.75) is 51.6 Å². The molecule has 1 fully saturated rings. The molecule has 148 valence electrons. The molecule has 0 aliphatic carbocycles. The lowest BCUT2D eigenvalue weighted by Gasteiger charge is -2.24. The smallest absolute Gasteiger partial charge is 0.229 e. The summed E-state index contributed by atoms with van der Waals surface area (Å²) in [5.41, 5.74) is 3.19. The van der Waals surface area contributed by atoms with Gasteiger partial charge in [0.05, 0.1) is 12.2 Å². The Morgan fingerprint density at radius 2 is 1.96 bits per heavy atom. The standard InChI is InChI=1S/C21H29N7/c1-14(2)18-13-23-28-19(18)26-20(25-17-10-7-11-22-12-17)27-21(28)24-15(3)16-8-5-4-6-9-16/h4-6,8-9,13-15,17,22H,7,10-12H2,1-3H3,(H2,24,25,26,27)/t15-,17?/m0/s1. The first kappa shape index (κ1) is 18.7. The Labute approximate surface area is 166 Å². The van der Waals surface area contributed by atoms with Gasteiger partial charge in [-0.15, -0.1) is 0 Å². The summed E-state index contributed by atoms with van der Waals surface area (Å²) in [6.45, 7) is 8.48. The largest absolute Gasteiger partial charge is 0.350 e. The Hall–Kier alpha value is -2.67. The van der Waals surface area contributed by atoms with E-state index in [9.17, 15) is 0 Å². The van der Waals surface area contributed by atoms with E-state index < -0.39 is 0 Å². The van der Waals surface area contributed by atoms with Crippen LogP contribution in [0.3, 0.4) is 0 Å². The third-order valence-corrected chi connectivity index (χ3v) is 5.29. The van der Waals surface area contributed by atoms with Crippen LogP contribution in [-0.4, -0.2) is 38.7 Å². The van der Waals surface area contributed by atoms with Gasteiger partial charge in [-0.2, -0.15) is 19.6 Å². The molecule has 1 aliphatic rings. The normalized spacial score (nSPS) is 18.4. The third kappa shape index (κ3) is 3.94. The minimum atomic E-state index is 0.107. The topological polar surface area (TPSA) is 79.2 Å². The minimum absolute atomic E-state index is 0.107. The fourth-order valence-electron chi connectivity index (χ4n) is 3.64. The summed E-state index contributed by atoms with van der Waals surface area (Å²) in [6, 6.07) is 10.8. The molecule has 3 heterocycles. The molecule has 28 heavy (non-hydrogen) atoms. The van der Waals surface area contributed by atoms with Crippen LogP contribution in [0.1, 0.15) is 56.7 Å². The van der Waals surface area contributed by atoms with Gasteiger partial charge in [-0.05, 0) is 37.8 Å². The van der Waals surface area contributed by atoms with Crippen LogP contribution in [0.5, 0.6) is 0 Å². The number of rotatable bonds is 6. The molecule has 1 aliphatic heterocycles. The summed E-state index contributed by atoms with van der Waals surface area (Å²) in [6.07, 6.45) is 4.19. The number of benzene rings is 1. The summed E-state index contributed by atoms with van der Waals surface area (Å²) in [5.74, 6) is 1.71. The number of aromatic nitrogens is 4. The van der Waals surface area contributed by atoms with Crippen molar-refractivity contribution in [1.29, 1.82) is 0 Å². The van der Waals surface area contributed by atoms with E-state index in [1.165, 1.54) is 12.0 Å². The fourth-order valence-corrected chi connectivity index (χ4v) is 3.64. The molecule has 0 amide bonds. The van der Waals surface area contributed by atoms with E-state index in [-0.39, 0.29) is 6.04 Å². The van der Waals surface area contributed by atoms with Gasteiger partial charge in [0.2, 0.25) is 11.9 Å². The summed E-state index contributed by atoms with van der Waals surface area (Å²) in [4.78, 5) is 9.57. The number of anilines is 2. The first-order valence-corrected chi connectivity index (χ1v) is 10.2. The zero-order valence-electron chi connectivity index (χ0n) is 16.8. The summed E-state index contributed by atoms with van der Waals surface area (Å²) in [7, 11) is 0. The second-order valence-electron chi connectivity index (χ2n) is 7.83. The molecular weight excluding hydrogens is 350 g/mol. The Balaban J connectivity index is 1.68. The molecule has 2 aromatic heterocycles. The van der Waals surface area contributed by atoms with E-state index in [0.717, 1.165) is 30.7 Å². The Bertz CT molecular complexity index is 913. The SMILES string of the molecule is CC(C)c1cnn2c(N[C@@H](C)c3ccccc3)nc(NC3CCCNC3)nc12. The summed E-state index contributed by atoms with van der Waals surface area (Å²) >= 11 is 0. The van der Waals surface area contributed by atoms with Crippen LogP contribution in [0.2, 0.25) is 0 Å².